The van der Waals surface area contributed by atoms with E-state index in [1.807, 2.05) is 0 Å². The van der Waals surface area contributed by atoms with E-state index in [9.17, 15) is 23.7 Å². The molecule has 1 amide bonds. The lowest BCUT2D eigenvalue weighted by Crippen LogP contribution is -2.52. The number of aliphatic carboxylic acids is 2. The van der Waals surface area contributed by atoms with E-state index in [2.05, 4.69) is 16.9 Å². The van der Waals surface area contributed by atoms with Crippen LogP contribution >= 0.6 is 0 Å². The van der Waals surface area contributed by atoms with Crippen molar-refractivity contribution in [3.8, 4) is 0 Å². The van der Waals surface area contributed by atoms with Gasteiger partial charge < -0.3 is 15.5 Å². The van der Waals surface area contributed by atoms with Crippen LogP contribution in [0.25, 0.3) is 0 Å². The average Bonchev–Trinajstić information content (AvgIpc) is 2.53. The molecule has 0 saturated heterocycles. The number of amides is 1. The highest BCUT2D eigenvalue weighted by Gasteiger charge is 2.38. The summed E-state index contributed by atoms with van der Waals surface area (Å²) in [6.07, 6.45) is 0. The fourth-order valence-corrected chi connectivity index (χ4v) is 3.47. The standard InChI is InChI=1S/C15H14N2O6S/c1-8-7-24(23)13(17-10(8)14(19)20)11(15(21)22)16-12(18)9-5-3-2-4-6-9/h2-6,11,13H,1,7H2,(H,16,18)(H,19,20)(H,21,22). The van der Waals surface area contributed by atoms with Crippen LogP contribution in [0.15, 0.2) is 47.5 Å². The monoisotopic (exact) mass is 350 g/mol. The van der Waals surface area contributed by atoms with Gasteiger partial charge in [0, 0.05) is 5.56 Å². The van der Waals surface area contributed by atoms with Crippen LogP contribution in [0.2, 0.25) is 0 Å². The lowest BCUT2D eigenvalue weighted by molar-refractivity contribution is -0.139. The molecule has 126 valence electrons. The predicted molar refractivity (Wildman–Crippen MR) is 86.3 cm³/mol. The number of carboxylic acid groups (broad SMARTS) is 2. The fraction of sp³-hybridized carbons (Fsp3) is 0.200. The van der Waals surface area contributed by atoms with Crippen LogP contribution in [0.4, 0.5) is 0 Å². The maximum atomic E-state index is 12.2. The van der Waals surface area contributed by atoms with Crippen molar-refractivity contribution >= 4 is 34.4 Å². The van der Waals surface area contributed by atoms with E-state index in [0.29, 0.717) is 0 Å². The molecule has 0 spiro atoms. The van der Waals surface area contributed by atoms with Crippen LogP contribution in [0.1, 0.15) is 10.4 Å². The highest BCUT2D eigenvalue weighted by atomic mass is 32.2. The van der Waals surface area contributed by atoms with Crippen LogP contribution in [0.3, 0.4) is 0 Å². The quantitative estimate of drug-likeness (QED) is 0.687. The molecule has 1 aromatic carbocycles. The number of rotatable bonds is 5. The molecule has 2 rings (SSSR count). The Labute approximate surface area is 139 Å². The molecular weight excluding hydrogens is 336 g/mol. The maximum Gasteiger partial charge on any atom is 0.354 e. The predicted octanol–water partition coefficient (Wildman–Crippen LogP) is 0.0398. The van der Waals surface area contributed by atoms with Crippen LogP contribution in [-0.2, 0) is 20.4 Å². The molecule has 0 aromatic heterocycles. The van der Waals surface area contributed by atoms with E-state index < -0.39 is 45.8 Å². The van der Waals surface area contributed by atoms with Gasteiger partial charge in [0.25, 0.3) is 5.91 Å². The van der Waals surface area contributed by atoms with Crippen molar-refractivity contribution < 1.29 is 28.8 Å². The molecule has 1 heterocycles. The minimum atomic E-state index is -1.81. The van der Waals surface area contributed by atoms with Gasteiger partial charge in [0.2, 0.25) is 0 Å². The van der Waals surface area contributed by atoms with E-state index in [4.69, 9.17) is 5.11 Å². The van der Waals surface area contributed by atoms with Gasteiger partial charge in [-0.2, -0.15) is 0 Å². The molecular formula is C15H14N2O6S. The summed E-state index contributed by atoms with van der Waals surface area (Å²) in [6, 6.07) is 6.25. The summed E-state index contributed by atoms with van der Waals surface area (Å²) < 4.78 is 12.2. The largest absolute Gasteiger partial charge is 0.480 e. The van der Waals surface area contributed by atoms with E-state index in [1.54, 1.807) is 18.2 Å². The minimum Gasteiger partial charge on any atom is -0.480 e. The Bertz CT molecular complexity index is 758. The van der Waals surface area contributed by atoms with Gasteiger partial charge >= 0.3 is 11.9 Å². The normalized spacial score (nSPS) is 21.5. The fourth-order valence-electron chi connectivity index (χ4n) is 2.10. The Balaban J connectivity index is 2.31. The molecule has 3 atom stereocenters. The van der Waals surface area contributed by atoms with Crippen LogP contribution in [0, 0.1) is 0 Å². The van der Waals surface area contributed by atoms with Gasteiger partial charge in [-0.1, -0.05) is 24.8 Å². The zero-order valence-electron chi connectivity index (χ0n) is 12.3. The van der Waals surface area contributed by atoms with Crippen LogP contribution < -0.4 is 5.32 Å². The number of carbonyl (C=O) groups is 3. The van der Waals surface area contributed by atoms with Gasteiger partial charge in [-0.3, -0.25) is 14.0 Å². The number of benzene rings is 1. The zero-order chi connectivity index (χ0) is 17.9. The van der Waals surface area contributed by atoms with Gasteiger partial charge in [-0.15, -0.1) is 0 Å². The number of hydrogen-bond acceptors (Lipinski definition) is 5. The molecule has 24 heavy (non-hydrogen) atoms. The summed E-state index contributed by atoms with van der Waals surface area (Å²) in [5, 5.41) is 19.2. The van der Waals surface area contributed by atoms with Gasteiger partial charge in [-0.25, -0.2) is 9.59 Å². The van der Waals surface area contributed by atoms with Crippen molar-refractivity contribution in [2.24, 2.45) is 4.99 Å². The molecule has 1 aromatic rings. The lowest BCUT2D eigenvalue weighted by atomic mass is 10.1. The van der Waals surface area contributed by atoms with Gasteiger partial charge in [0.15, 0.2) is 11.4 Å². The minimum absolute atomic E-state index is 0.0515. The van der Waals surface area contributed by atoms with Crippen molar-refractivity contribution in [1.82, 2.24) is 5.32 Å². The summed E-state index contributed by atoms with van der Waals surface area (Å²) in [5.74, 6) is -3.75. The zero-order valence-corrected chi connectivity index (χ0v) is 13.2. The summed E-state index contributed by atoms with van der Waals surface area (Å²) in [5.41, 5.74) is -0.160. The molecule has 8 nitrogen and oxygen atoms in total. The molecule has 9 heteroatoms. The highest BCUT2D eigenvalue weighted by molar-refractivity contribution is 7.86. The summed E-state index contributed by atoms with van der Waals surface area (Å²) >= 11 is 0. The number of hydrogen-bond donors (Lipinski definition) is 3. The first-order chi connectivity index (χ1) is 11.3. The van der Waals surface area contributed by atoms with E-state index in [-0.39, 0.29) is 16.9 Å². The molecule has 3 N–H and O–H groups in total. The number of carbonyl (C=O) groups excluding carboxylic acids is 1. The number of nitrogens with one attached hydrogen (secondary N) is 1. The SMILES string of the molecule is C=C1CS(=O)C(C(NC(=O)c2ccccc2)C(=O)O)N=C1C(=O)O. The summed E-state index contributed by atoms with van der Waals surface area (Å²) in [4.78, 5) is 38.5. The van der Waals surface area contributed by atoms with Crippen molar-refractivity contribution in [2.45, 2.75) is 11.4 Å². The number of carboxylic acids is 2. The Morgan fingerprint density at radius 3 is 2.42 bits per heavy atom. The van der Waals surface area contributed by atoms with Crippen molar-refractivity contribution in [1.29, 1.82) is 0 Å². The van der Waals surface area contributed by atoms with Crippen molar-refractivity contribution in [2.75, 3.05) is 5.75 Å². The van der Waals surface area contributed by atoms with Crippen LogP contribution in [-0.4, -0.2) is 55.1 Å². The first-order valence-corrected chi connectivity index (χ1v) is 8.14. The molecule has 0 radical (unpaired) electrons. The molecule has 0 aliphatic carbocycles. The van der Waals surface area contributed by atoms with E-state index in [1.165, 1.54) is 12.1 Å². The van der Waals surface area contributed by atoms with Gasteiger partial charge in [-0.05, 0) is 17.7 Å². The van der Waals surface area contributed by atoms with E-state index in [0.717, 1.165) is 0 Å². The number of aliphatic imine (C=N–C) groups is 1. The molecule has 0 saturated carbocycles. The topological polar surface area (TPSA) is 133 Å². The third kappa shape index (κ3) is 3.74. The third-order valence-electron chi connectivity index (χ3n) is 3.25. The van der Waals surface area contributed by atoms with Crippen molar-refractivity contribution in [3.05, 3.63) is 48.0 Å². The first kappa shape index (κ1) is 17.5. The van der Waals surface area contributed by atoms with Crippen molar-refractivity contribution in [3.63, 3.8) is 0 Å². The summed E-state index contributed by atoms with van der Waals surface area (Å²) in [7, 11) is -1.81. The molecule has 0 fully saturated rings. The average molecular weight is 350 g/mol. The van der Waals surface area contributed by atoms with Crippen LogP contribution in [0.5, 0.6) is 0 Å². The van der Waals surface area contributed by atoms with Gasteiger partial charge in [0.1, 0.15) is 5.71 Å². The Morgan fingerprint density at radius 1 is 1.25 bits per heavy atom. The highest BCUT2D eigenvalue weighted by Crippen LogP contribution is 2.18. The number of nitrogens with zero attached hydrogens (tertiary/aromatic N) is 1. The molecule has 0 bridgehead atoms. The third-order valence-corrected chi connectivity index (χ3v) is 4.80. The van der Waals surface area contributed by atoms with E-state index >= 15 is 0 Å². The first-order valence-electron chi connectivity index (χ1n) is 6.76. The van der Waals surface area contributed by atoms with Gasteiger partial charge in [0.05, 0.1) is 16.6 Å². The molecule has 1 aliphatic rings. The second kappa shape index (κ2) is 7.18. The maximum absolute atomic E-state index is 12.2. The Morgan fingerprint density at radius 2 is 1.88 bits per heavy atom. The second-order valence-electron chi connectivity index (χ2n) is 4.96. The Kier molecular flexibility index (Phi) is 5.24. The lowest BCUT2D eigenvalue weighted by Gasteiger charge is -2.25. The molecule has 3 unspecified atom stereocenters. The smallest absolute Gasteiger partial charge is 0.354 e. The second-order valence-corrected chi connectivity index (χ2v) is 6.49. The summed E-state index contributed by atoms with van der Waals surface area (Å²) in [6.45, 7) is 3.47. The Hall–Kier alpha value is -2.81. The molecule has 1 aliphatic heterocycles.